The van der Waals surface area contributed by atoms with Crippen LogP contribution in [0.15, 0.2) is 60.2 Å². The molecule has 0 fully saturated rings. The molecule has 28 heavy (non-hydrogen) atoms. The Morgan fingerprint density at radius 1 is 1.18 bits per heavy atom. The molecule has 0 spiro atoms. The lowest BCUT2D eigenvalue weighted by atomic mass is 9.92. The summed E-state index contributed by atoms with van der Waals surface area (Å²) in [5.74, 6) is -0.112. The van der Waals surface area contributed by atoms with Gasteiger partial charge in [0.2, 0.25) is 0 Å². The summed E-state index contributed by atoms with van der Waals surface area (Å²) < 4.78 is 1.58. The number of benzene rings is 2. The van der Waals surface area contributed by atoms with Crippen molar-refractivity contribution in [3.05, 3.63) is 71.6 Å². The maximum absolute atomic E-state index is 12.9. The van der Waals surface area contributed by atoms with Crippen molar-refractivity contribution in [3.8, 4) is 6.07 Å². The van der Waals surface area contributed by atoms with Gasteiger partial charge >= 0.3 is 0 Å². The summed E-state index contributed by atoms with van der Waals surface area (Å²) in [6, 6.07) is 18.7. The van der Waals surface area contributed by atoms with Crippen molar-refractivity contribution in [3.63, 3.8) is 0 Å². The lowest BCUT2D eigenvalue weighted by molar-refractivity contribution is 0.0964. The van der Waals surface area contributed by atoms with Gasteiger partial charge in [-0.25, -0.2) is 4.98 Å². The second-order valence-corrected chi connectivity index (χ2v) is 7.56. The molecule has 2 aliphatic rings. The van der Waals surface area contributed by atoms with Crippen LogP contribution in [0.3, 0.4) is 0 Å². The number of allylic oxidation sites excluding steroid dienone is 1. The lowest BCUT2D eigenvalue weighted by Crippen LogP contribution is -2.40. The van der Waals surface area contributed by atoms with Gasteiger partial charge < -0.3 is 4.90 Å². The third-order valence-electron chi connectivity index (χ3n) is 5.89. The van der Waals surface area contributed by atoms with E-state index in [0.717, 1.165) is 29.4 Å². The Hall–Kier alpha value is -3.39. The van der Waals surface area contributed by atoms with E-state index in [-0.39, 0.29) is 5.91 Å². The molecule has 0 unspecified atom stereocenters. The number of fused-ring (bicyclic) bond motifs is 4. The number of carbonyl (C=O) groups is 1. The van der Waals surface area contributed by atoms with E-state index in [2.05, 4.69) is 41.1 Å². The molecule has 5 rings (SSSR count). The number of nitriles is 1. The molecule has 3 heterocycles. The first-order chi connectivity index (χ1) is 13.7. The maximum atomic E-state index is 12.9. The molecule has 0 aliphatic carbocycles. The zero-order valence-corrected chi connectivity index (χ0v) is 15.7. The van der Waals surface area contributed by atoms with E-state index in [9.17, 15) is 10.1 Å². The third kappa shape index (κ3) is 2.45. The van der Waals surface area contributed by atoms with Crippen molar-refractivity contribution < 1.29 is 4.79 Å². The molecule has 0 bridgehead atoms. The highest BCUT2D eigenvalue weighted by atomic mass is 16.2. The standard InChI is InChI=1S/C23H20N4O/c1-15-10-11-16-6-2-4-8-20(16)26(15)14-17-12-22(28)27-21-9-5-3-7-19(21)25-23(27)18(17)13-24/h2-9,12,15,18H,10-11,14H2,1H3/t15-,18-/m0/s1. The van der Waals surface area contributed by atoms with Crippen LogP contribution in [-0.2, 0) is 6.42 Å². The monoisotopic (exact) mass is 368 g/mol. The molecule has 138 valence electrons. The highest BCUT2D eigenvalue weighted by molar-refractivity contribution is 5.99. The molecule has 2 aromatic carbocycles. The number of aromatic nitrogens is 2. The van der Waals surface area contributed by atoms with Crippen molar-refractivity contribution in [2.75, 3.05) is 11.4 Å². The summed E-state index contributed by atoms with van der Waals surface area (Å²) in [6.07, 6.45) is 3.76. The number of aryl methyl sites for hydroxylation is 1. The smallest absolute Gasteiger partial charge is 0.256 e. The van der Waals surface area contributed by atoms with Crippen LogP contribution >= 0.6 is 0 Å². The van der Waals surface area contributed by atoms with Gasteiger partial charge in [-0.2, -0.15) is 5.26 Å². The fraction of sp³-hybridized carbons (Fsp3) is 0.261. The summed E-state index contributed by atoms with van der Waals surface area (Å²) in [5.41, 5.74) is 4.85. The Balaban J connectivity index is 1.57. The van der Waals surface area contributed by atoms with Crippen LogP contribution < -0.4 is 4.90 Å². The van der Waals surface area contributed by atoms with Crippen molar-refractivity contribution in [2.24, 2.45) is 0 Å². The molecule has 5 heteroatoms. The van der Waals surface area contributed by atoms with Gasteiger partial charge in [0, 0.05) is 24.4 Å². The normalized spacial score (nSPS) is 21.1. The first-order valence-electron chi connectivity index (χ1n) is 9.63. The zero-order valence-electron chi connectivity index (χ0n) is 15.7. The molecular formula is C23H20N4O. The van der Waals surface area contributed by atoms with Crippen LogP contribution in [0.2, 0.25) is 0 Å². The molecule has 0 saturated carbocycles. The fourth-order valence-electron chi connectivity index (χ4n) is 4.42. The maximum Gasteiger partial charge on any atom is 0.256 e. The van der Waals surface area contributed by atoms with E-state index in [1.807, 2.05) is 30.3 Å². The zero-order chi connectivity index (χ0) is 19.3. The van der Waals surface area contributed by atoms with E-state index < -0.39 is 5.92 Å². The van der Waals surface area contributed by atoms with Crippen LogP contribution in [0.25, 0.3) is 11.0 Å². The summed E-state index contributed by atoms with van der Waals surface area (Å²) in [6.45, 7) is 2.77. The van der Waals surface area contributed by atoms with Crippen LogP contribution in [-0.4, -0.2) is 28.0 Å². The lowest BCUT2D eigenvalue weighted by Gasteiger charge is -2.38. The van der Waals surface area contributed by atoms with Crippen LogP contribution in [0, 0.1) is 11.3 Å². The number of para-hydroxylation sites is 3. The number of imidazole rings is 1. The van der Waals surface area contributed by atoms with Crippen LogP contribution in [0.1, 0.15) is 35.4 Å². The van der Waals surface area contributed by atoms with Crippen molar-refractivity contribution in [2.45, 2.75) is 31.7 Å². The van der Waals surface area contributed by atoms with Gasteiger partial charge in [0.1, 0.15) is 11.7 Å². The average molecular weight is 368 g/mol. The topological polar surface area (TPSA) is 61.9 Å². The molecule has 0 saturated heterocycles. The van der Waals surface area contributed by atoms with E-state index in [1.165, 1.54) is 11.3 Å². The number of hydrogen-bond acceptors (Lipinski definition) is 4. The Morgan fingerprint density at radius 3 is 2.82 bits per heavy atom. The minimum Gasteiger partial charge on any atom is -0.365 e. The van der Waals surface area contributed by atoms with Gasteiger partial charge in [-0.05, 0) is 49.1 Å². The van der Waals surface area contributed by atoms with Gasteiger partial charge in [0.15, 0.2) is 0 Å². The van der Waals surface area contributed by atoms with Crippen molar-refractivity contribution in [1.82, 2.24) is 9.55 Å². The number of anilines is 1. The summed E-state index contributed by atoms with van der Waals surface area (Å²) >= 11 is 0. The summed E-state index contributed by atoms with van der Waals surface area (Å²) in [4.78, 5) is 19.9. The number of hydrogen-bond donors (Lipinski definition) is 0. The van der Waals surface area contributed by atoms with Crippen LogP contribution in [0.5, 0.6) is 0 Å². The molecule has 0 amide bonds. The molecule has 0 N–H and O–H groups in total. The predicted octanol–water partition coefficient (Wildman–Crippen LogP) is 4.06. The molecule has 5 nitrogen and oxygen atoms in total. The molecular weight excluding hydrogens is 348 g/mol. The third-order valence-corrected chi connectivity index (χ3v) is 5.89. The quantitative estimate of drug-likeness (QED) is 0.684. The van der Waals surface area contributed by atoms with Gasteiger partial charge in [-0.3, -0.25) is 9.36 Å². The fourth-order valence-corrected chi connectivity index (χ4v) is 4.42. The molecule has 3 aromatic rings. The highest BCUT2D eigenvalue weighted by Crippen LogP contribution is 2.36. The first-order valence-corrected chi connectivity index (χ1v) is 9.63. The molecule has 1 aromatic heterocycles. The Kier molecular flexibility index (Phi) is 3.80. The van der Waals surface area contributed by atoms with E-state index >= 15 is 0 Å². The molecule has 2 atom stereocenters. The highest BCUT2D eigenvalue weighted by Gasteiger charge is 2.33. The van der Waals surface area contributed by atoms with E-state index in [0.29, 0.717) is 18.4 Å². The Bertz CT molecular complexity index is 1170. The number of carbonyl (C=O) groups excluding carboxylic acids is 1. The minimum atomic E-state index is -0.522. The largest absolute Gasteiger partial charge is 0.365 e. The Morgan fingerprint density at radius 2 is 1.96 bits per heavy atom. The summed E-state index contributed by atoms with van der Waals surface area (Å²) in [7, 11) is 0. The van der Waals surface area contributed by atoms with Crippen molar-refractivity contribution >= 4 is 22.6 Å². The van der Waals surface area contributed by atoms with Gasteiger partial charge in [0.25, 0.3) is 5.91 Å². The molecule has 0 radical (unpaired) electrons. The minimum absolute atomic E-state index is 0.122. The second kappa shape index (κ2) is 6.35. The number of rotatable bonds is 2. The molecule has 2 aliphatic heterocycles. The Labute approximate surface area is 163 Å². The second-order valence-electron chi connectivity index (χ2n) is 7.56. The van der Waals surface area contributed by atoms with E-state index in [4.69, 9.17) is 0 Å². The van der Waals surface area contributed by atoms with Crippen molar-refractivity contribution in [1.29, 1.82) is 5.26 Å². The summed E-state index contributed by atoms with van der Waals surface area (Å²) in [5, 5.41) is 9.94. The first kappa shape index (κ1) is 16.8. The number of nitrogens with zero attached hydrogens (tertiary/aromatic N) is 4. The van der Waals surface area contributed by atoms with Gasteiger partial charge in [-0.1, -0.05) is 30.3 Å². The SMILES string of the molecule is C[C@H]1CCc2ccccc2N1CC1=CC(=O)n2c(nc3ccccc32)[C@H]1C#N. The van der Waals surface area contributed by atoms with Gasteiger partial charge in [-0.15, -0.1) is 0 Å². The van der Waals surface area contributed by atoms with E-state index in [1.54, 1.807) is 10.6 Å². The average Bonchev–Trinajstić information content (AvgIpc) is 3.10. The van der Waals surface area contributed by atoms with Gasteiger partial charge in [0.05, 0.1) is 17.1 Å². The van der Waals surface area contributed by atoms with Crippen LogP contribution in [0.4, 0.5) is 5.69 Å². The predicted molar refractivity (Wildman–Crippen MR) is 108 cm³/mol.